The Bertz CT molecular complexity index is 601. The molecule has 1 N–H and O–H groups in total. The lowest BCUT2D eigenvalue weighted by Crippen LogP contribution is -2.28. The molecule has 5 nitrogen and oxygen atoms in total. The molecule has 106 valence electrons. The van der Waals surface area contributed by atoms with Crippen molar-refractivity contribution in [2.75, 3.05) is 13.6 Å². The maximum Gasteiger partial charge on any atom is 0.337 e. The van der Waals surface area contributed by atoms with Crippen molar-refractivity contribution >= 4 is 39.2 Å². The Labute approximate surface area is 121 Å². The van der Waals surface area contributed by atoms with Crippen LogP contribution in [0.15, 0.2) is 17.0 Å². The first-order chi connectivity index (χ1) is 8.71. The van der Waals surface area contributed by atoms with Crippen LogP contribution in [-0.4, -0.2) is 37.4 Å². The second-order valence-corrected chi connectivity index (χ2v) is 6.72. The van der Waals surface area contributed by atoms with E-state index in [4.69, 9.17) is 28.3 Å². The molecular weight excluding hydrogens is 313 g/mol. The quantitative estimate of drug-likeness (QED) is 0.903. The molecule has 1 aromatic rings. The molecule has 0 amide bonds. The van der Waals surface area contributed by atoms with Gasteiger partial charge in [0.15, 0.2) is 0 Å². The number of carboxylic acids is 1. The molecule has 0 fully saturated rings. The number of carboxylic acid groups (broad SMARTS) is 1. The minimum Gasteiger partial charge on any atom is -0.478 e. The number of aromatic carboxylic acids is 1. The fourth-order valence-electron chi connectivity index (χ4n) is 1.49. The van der Waals surface area contributed by atoms with E-state index in [0.717, 1.165) is 16.4 Å². The molecule has 0 atom stereocenters. The van der Waals surface area contributed by atoms with E-state index < -0.39 is 16.0 Å². The van der Waals surface area contributed by atoms with E-state index >= 15 is 0 Å². The van der Waals surface area contributed by atoms with E-state index in [2.05, 4.69) is 0 Å². The average molecular weight is 326 g/mol. The molecule has 1 rings (SSSR count). The number of carbonyl (C=O) groups is 1. The first kappa shape index (κ1) is 16.2. The van der Waals surface area contributed by atoms with Crippen LogP contribution in [0.2, 0.25) is 10.0 Å². The van der Waals surface area contributed by atoms with Crippen molar-refractivity contribution in [1.29, 1.82) is 0 Å². The van der Waals surface area contributed by atoms with Crippen LogP contribution in [0.5, 0.6) is 0 Å². The van der Waals surface area contributed by atoms with Crippen LogP contribution in [-0.2, 0) is 10.0 Å². The third-order valence-corrected chi connectivity index (χ3v) is 5.11. The summed E-state index contributed by atoms with van der Waals surface area (Å²) in [6.45, 7) is 2.14. The maximum absolute atomic E-state index is 12.2. The lowest BCUT2D eigenvalue weighted by atomic mass is 10.2. The van der Waals surface area contributed by atoms with Gasteiger partial charge in [-0.2, -0.15) is 0 Å². The number of sulfonamides is 1. The van der Waals surface area contributed by atoms with Gasteiger partial charge in [0.05, 0.1) is 15.6 Å². The third-order valence-electron chi connectivity index (χ3n) is 2.48. The standard InChI is InChI=1S/C11H13Cl2NO4S/c1-3-4-14(2)19(17,18)10-5-7(11(15)16)8(12)6-9(10)13/h5-6H,3-4H2,1-2H3,(H,15,16). The van der Waals surface area contributed by atoms with E-state index in [-0.39, 0.29) is 20.5 Å². The van der Waals surface area contributed by atoms with Crippen molar-refractivity contribution < 1.29 is 18.3 Å². The van der Waals surface area contributed by atoms with Gasteiger partial charge in [0.25, 0.3) is 0 Å². The molecule has 0 heterocycles. The van der Waals surface area contributed by atoms with Crippen molar-refractivity contribution in [2.45, 2.75) is 18.2 Å². The lowest BCUT2D eigenvalue weighted by Gasteiger charge is -2.17. The number of benzene rings is 1. The van der Waals surface area contributed by atoms with Crippen molar-refractivity contribution in [1.82, 2.24) is 4.31 Å². The summed E-state index contributed by atoms with van der Waals surface area (Å²) in [7, 11) is -2.42. The Morgan fingerprint density at radius 3 is 2.37 bits per heavy atom. The van der Waals surface area contributed by atoms with E-state index in [0.29, 0.717) is 13.0 Å². The molecule has 0 saturated carbocycles. The molecule has 0 aromatic heterocycles. The van der Waals surface area contributed by atoms with Crippen LogP contribution in [0.25, 0.3) is 0 Å². The highest BCUT2D eigenvalue weighted by atomic mass is 35.5. The van der Waals surface area contributed by atoms with E-state index in [9.17, 15) is 13.2 Å². The van der Waals surface area contributed by atoms with Gasteiger partial charge in [-0.05, 0) is 18.6 Å². The molecule has 0 aliphatic carbocycles. The van der Waals surface area contributed by atoms with Crippen molar-refractivity contribution in [3.63, 3.8) is 0 Å². The van der Waals surface area contributed by atoms with Gasteiger partial charge in [-0.1, -0.05) is 30.1 Å². The summed E-state index contributed by atoms with van der Waals surface area (Å²) in [6, 6.07) is 2.10. The molecule has 0 aliphatic heterocycles. The minimum atomic E-state index is -3.83. The summed E-state index contributed by atoms with van der Waals surface area (Å²) in [5.41, 5.74) is -0.297. The molecule has 19 heavy (non-hydrogen) atoms. The van der Waals surface area contributed by atoms with Gasteiger partial charge >= 0.3 is 5.97 Å². The second-order valence-electron chi connectivity index (χ2n) is 3.89. The summed E-state index contributed by atoms with van der Waals surface area (Å²) >= 11 is 11.6. The summed E-state index contributed by atoms with van der Waals surface area (Å²) in [4.78, 5) is 10.7. The first-order valence-electron chi connectivity index (χ1n) is 5.40. The lowest BCUT2D eigenvalue weighted by molar-refractivity contribution is 0.0697. The van der Waals surface area contributed by atoms with Gasteiger partial charge < -0.3 is 5.11 Å². The summed E-state index contributed by atoms with van der Waals surface area (Å²) in [5.74, 6) is -1.31. The van der Waals surface area contributed by atoms with Gasteiger partial charge in [0.2, 0.25) is 10.0 Å². The van der Waals surface area contributed by atoms with Crippen molar-refractivity contribution in [2.24, 2.45) is 0 Å². The maximum atomic E-state index is 12.2. The molecule has 0 bridgehead atoms. The van der Waals surface area contributed by atoms with Crippen LogP contribution in [0.4, 0.5) is 0 Å². The smallest absolute Gasteiger partial charge is 0.337 e. The highest BCUT2D eigenvalue weighted by molar-refractivity contribution is 7.89. The third kappa shape index (κ3) is 3.39. The van der Waals surface area contributed by atoms with Gasteiger partial charge in [-0.15, -0.1) is 0 Å². The molecule has 0 aliphatic rings. The van der Waals surface area contributed by atoms with Gasteiger partial charge in [-0.25, -0.2) is 17.5 Å². The Morgan fingerprint density at radius 1 is 1.32 bits per heavy atom. The monoisotopic (exact) mass is 325 g/mol. The SMILES string of the molecule is CCCN(C)S(=O)(=O)c1cc(C(=O)O)c(Cl)cc1Cl. The predicted molar refractivity (Wildman–Crippen MR) is 73.5 cm³/mol. The zero-order valence-corrected chi connectivity index (χ0v) is 12.7. The predicted octanol–water partition coefficient (Wildman–Crippen LogP) is 2.72. The van der Waals surface area contributed by atoms with Crippen LogP contribution < -0.4 is 0 Å². The molecule has 0 saturated heterocycles. The zero-order valence-electron chi connectivity index (χ0n) is 10.4. The van der Waals surface area contributed by atoms with Crippen molar-refractivity contribution in [3.8, 4) is 0 Å². The minimum absolute atomic E-state index is 0.0991. The number of hydrogen-bond donors (Lipinski definition) is 1. The van der Waals surface area contributed by atoms with E-state index in [1.807, 2.05) is 6.92 Å². The van der Waals surface area contributed by atoms with Crippen LogP contribution in [0, 0.1) is 0 Å². The average Bonchev–Trinajstić information content (AvgIpc) is 2.28. The highest BCUT2D eigenvalue weighted by Crippen LogP contribution is 2.30. The molecular formula is C11H13Cl2NO4S. The topological polar surface area (TPSA) is 74.7 Å². The second kappa shape index (κ2) is 6.09. The van der Waals surface area contributed by atoms with Gasteiger partial charge in [-0.3, -0.25) is 0 Å². The van der Waals surface area contributed by atoms with E-state index in [1.165, 1.54) is 7.05 Å². The summed E-state index contributed by atoms with van der Waals surface area (Å²) < 4.78 is 25.6. The van der Waals surface area contributed by atoms with Crippen LogP contribution >= 0.6 is 23.2 Å². The van der Waals surface area contributed by atoms with Gasteiger partial charge in [0.1, 0.15) is 4.90 Å². The molecule has 0 unspecified atom stereocenters. The molecule has 8 heteroatoms. The fourth-order valence-corrected chi connectivity index (χ4v) is 3.58. The Balaban J connectivity index is 3.43. The Hall–Kier alpha value is -0.820. The Morgan fingerprint density at radius 2 is 1.89 bits per heavy atom. The van der Waals surface area contributed by atoms with Crippen LogP contribution in [0.1, 0.15) is 23.7 Å². The van der Waals surface area contributed by atoms with Crippen molar-refractivity contribution in [3.05, 3.63) is 27.7 Å². The Kier molecular flexibility index (Phi) is 5.20. The first-order valence-corrected chi connectivity index (χ1v) is 7.60. The number of hydrogen-bond acceptors (Lipinski definition) is 3. The van der Waals surface area contributed by atoms with Crippen LogP contribution in [0.3, 0.4) is 0 Å². The fraction of sp³-hybridized carbons (Fsp3) is 0.364. The number of rotatable bonds is 5. The molecule has 0 spiro atoms. The highest BCUT2D eigenvalue weighted by Gasteiger charge is 2.25. The normalized spacial score (nSPS) is 11.8. The number of halogens is 2. The van der Waals surface area contributed by atoms with Gasteiger partial charge in [0, 0.05) is 13.6 Å². The zero-order chi connectivity index (χ0) is 14.8. The largest absolute Gasteiger partial charge is 0.478 e. The summed E-state index contributed by atoms with van der Waals surface area (Å²) in [6.07, 6.45) is 0.632. The number of nitrogens with zero attached hydrogens (tertiary/aromatic N) is 1. The van der Waals surface area contributed by atoms with E-state index in [1.54, 1.807) is 0 Å². The molecule has 0 radical (unpaired) electrons. The summed E-state index contributed by atoms with van der Waals surface area (Å²) in [5, 5.41) is 8.75. The molecule has 1 aromatic carbocycles.